The lowest BCUT2D eigenvalue weighted by Gasteiger charge is -2.19. The Morgan fingerprint density at radius 2 is 1.52 bits per heavy atom. The Kier molecular flexibility index (Phi) is 5.60. The number of nitrogens with two attached hydrogens (primary N) is 1. The highest BCUT2D eigenvalue weighted by Gasteiger charge is 2.11. The van der Waals surface area contributed by atoms with Gasteiger partial charge in [0, 0.05) is 0 Å². The van der Waals surface area contributed by atoms with Gasteiger partial charge in [0.15, 0.2) is 0 Å². The van der Waals surface area contributed by atoms with Gasteiger partial charge in [0.25, 0.3) is 0 Å². The van der Waals surface area contributed by atoms with Gasteiger partial charge < -0.3 is 25.1 Å². The van der Waals surface area contributed by atoms with Crippen LogP contribution in [0.2, 0.25) is 0 Å². The van der Waals surface area contributed by atoms with Crippen LogP contribution in [0.25, 0.3) is 0 Å². The molecule has 0 aliphatic heterocycles. The quantitative estimate of drug-likeness (QED) is 0.840. The minimum absolute atomic E-state index is 0.280. The molecule has 2 aromatic carbocycles. The van der Waals surface area contributed by atoms with Crippen LogP contribution >= 0.6 is 0 Å². The summed E-state index contributed by atoms with van der Waals surface area (Å²) in [4.78, 5) is 10.9. The van der Waals surface area contributed by atoms with Gasteiger partial charge in [-0.2, -0.15) is 0 Å². The first-order valence-corrected chi connectivity index (χ1v) is 7.42. The molecule has 23 heavy (non-hydrogen) atoms. The summed E-state index contributed by atoms with van der Waals surface area (Å²) in [6, 6.07) is 14.3. The van der Waals surface area contributed by atoms with Crippen molar-refractivity contribution in [1.29, 1.82) is 0 Å². The van der Waals surface area contributed by atoms with E-state index in [0.717, 1.165) is 16.9 Å². The van der Waals surface area contributed by atoms with Crippen molar-refractivity contribution in [3.05, 3.63) is 59.7 Å². The largest absolute Gasteiger partial charge is 0.546 e. The number of carboxylic acid groups (broad SMARTS) is 1. The summed E-state index contributed by atoms with van der Waals surface area (Å²) in [6.45, 7) is 1.73. The number of carbonyl (C=O) groups excluding carboxylic acids is 1. The van der Waals surface area contributed by atoms with Crippen LogP contribution in [-0.2, 0) is 4.79 Å². The fourth-order valence-corrected chi connectivity index (χ4v) is 2.22. The van der Waals surface area contributed by atoms with E-state index in [2.05, 4.69) is 0 Å². The van der Waals surface area contributed by atoms with E-state index in [-0.39, 0.29) is 6.04 Å². The molecule has 2 N–H and O–H groups in total. The molecule has 0 amide bonds. The van der Waals surface area contributed by atoms with Crippen LogP contribution in [0.3, 0.4) is 0 Å². The Bertz CT molecular complexity index is 637. The second-order valence-corrected chi connectivity index (χ2v) is 5.15. The monoisotopic (exact) mass is 314 g/mol. The zero-order valence-corrected chi connectivity index (χ0v) is 13.2. The number of ether oxygens (including phenoxy) is 2. The van der Waals surface area contributed by atoms with Crippen molar-refractivity contribution >= 4 is 5.97 Å². The number of benzene rings is 2. The van der Waals surface area contributed by atoms with Crippen LogP contribution in [0.15, 0.2) is 48.5 Å². The van der Waals surface area contributed by atoms with Gasteiger partial charge in [-0.15, -0.1) is 0 Å². The third-order valence-corrected chi connectivity index (χ3v) is 3.63. The molecule has 0 radical (unpaired) electrons. The number of rotatable bonds is 7. The zero-order chi connectivity index (χ0) is 16.8. The van der Waals surface area contributed by atoms with Gasteiger partial charge in [-0.25, -0.2) is 0 Å². The minimum Gasteiger partial charge on any atom is -0.546 e. The van der Waals surface area contributed by atoms with Crippen molar-refractivity contribution in [2.24, 2.45) is 5.73 Å². The predicted molar refractivity (Wildman–Crippen MR) is 85.2 cm³/mol. The first-order chi connectivity index (χ1) is 11.0. The molecule has 0 heterocycles. The molecule has 2 atom stereocenters. The number of carboxylic acids is 1. The van der Waals surface area contributed by atoms with Gasteiger partial charge in [0.1, 0.15) is 17.6 Å². The molecule has 2 rings (SSSR count). The van der Waals surface area contributed by atoms with E-state index in [1.165, 1.54) is 0 Å². The molecule has 5 nitrogen and oxygen atoms in total. The van der Waals surface area contributed by atoms with Gasteiger partial charge in [-0.3, -0.25) is 0 Å². The first-order valence-electron chi connectivity index (χ1n) is 7.42. The smallest absolute Gasteiger partial charge is 0.138 e. The number of aliphatic carboxylic acids is 1. The topological polar surface area (TPSA) is 84.6 Å². The molecule has 0 bridgehead atoms. The van der Waals surface area contributed by atoms with Crippen LogP contribution < -0.4 is 20.3 Å². The zero-order valence-electron chi connectivity index (χ0n) is 13.2. The van der Waals surface area contributed by atoms with Crippen LogP contribution in [0.1, 0.15) is 30.5 Å². The van der Waals surface area contributed by atoms with Crippen LogP contribution in [0, 0.1) is 0 Å². The Morgan fingerprint density at radius 1 is 1.04 bits per heavy atom. The highest BCUT2D eigenvalue weighted by Crippen LogP contribution is 2.24. The van der Waals surface area contributed by atoms with Crippen LogP contribution in [0.5, 0.6) is 11.5 Å². The van der Waals surface area contributed by atoms with Crippen molar-refractivity contribution < 1.29 is 19.4 Å². The second-order valence-electron chi connectivity index (χ2n) is 5.15. The summed E-state index contributed by atoms with van der Waals surface area (Å²) in [6.07, 6.45) is -0.605. The van der Waals surface area contributed by atoms with Gasteiger partial charge in [-0.1, -0.05) is 31.2 Å². The third kappa shape index (κ3) is 4.23. The number of carbonyl (C=O) groups is 1. The molecule has 0 saturated heterocycles. The minimum atomic E-state index is -1.22. The van der Waals surface area contributed by atoms with Gasteiger partial charge >= 0.3 is 0 Å². The highest BCUT2D eigenvalue weighted by atomic mass is 16.5. The fourth-order valence-electron chi connectivity index (χ4n) is 2.22. The molecule has 0 spiro atoms. The molecule has 0 fully saturated rings. The lowest BCUT2D eigenvalue weighted by molar-refractivity contribution is -0.313. The second kappa shape index (κ2) is 7.65. The number of methoxy groups -OCH3 is 1. The van der Waals surface area contributed by atoms with E-state index in [0.29, 0.717) is 12.2 Å². The van der Waals surface area contributed by atoms with E-state index in [1.807, 2.05) is 36.4 Å². The highest BCUT2D eigenvalue weighted by molar-refractivity contribution is 5.70. The molecule has 122 valence electrons. The number of hydrogen-bond donors (Lipinski definition) is 1. The summed E-state index contributed by atoms with van der Waals surface area (Å²) < 4.78 is 10.5. The predicted octanol–water partition coefficient (Wildman–Crippen LogP) is 1.65. The molecule has 0 aliphatic rings. The van der Waals surface area contributed by atoms with Gasteiger partial charge in [0.2, 0.25) is 0 Å². The summed E-state index contributed by atoms with van der Waals surface area (Å²) >= 11 is 0. The van der Waals surface area contributed by atoms with E-state index in [9.17, 15) is 9.90 Å². The van der Waals surface area contributed by atoms with Crippen molar-refractivity contribution in [3.63, 3.8) is 0 Å². The van der Waals surface area contributed by atoms with Crippen LogP contribution in [0.4, 0.5) is 0 Å². The molecule has 2 aromatic rings. The summed E-state index contributed by atoms with van der Waals surface area (Å²) in [7, 11) is 1.61. The average molecular weight is 314 g/mol. The Balaban J connectivity index is 2.10. The molecule has 0 saturated carbocycles. The van der Waals surface area contributed by atoms with Gasteiger partial charge in [0.05, 0.1) is 19.1 Å². The molecular weight excluding hydrogens is 294 g/mol. The fraction of sp³-hybridized carbons (Fsp3) is 0.278. The lowest BCUT2D eigenvalue weighted by Crippen LogP contribution is -2.39. The maximum atomic E-state index is 10.9. The summed E-state index contributed by atoms with van der Waals surface area (Å²) in [5, 5.41) is 10.9. The first kappa shape index (κ1) is 16.8. The summed E-state index contributed by atoms with van der Waals surface area (Å²) in [5.74, 6) is 0.0378. The van der Waals surface area contributed by atoms with E-state index < -0.39 is 12.1 Å². The van der Waals surface area contributed by atoms with Crippen molar-refractivity contribution in [2.75, 3.05) is 7.11 Å². The number of hydrogen-bond acceptors (Lipinski definition) is 5. The Labute approximate surface area is 135 Å². The van der Waals surface area contributed by atoms with Crippen molar-refractivity contribution in [1.82, 2.24) is 0 Å². The van der Waals surface area contributed by atoms with E-state index in [1.54, 1.807) is 26.2 Å². The summed E-state index contributed by atoms with van der Waals surface area (Å²) in [5.41, 5.74) is 8.11. The molecular formula is C18H20NO4-. The third-order valence-electron chi connectivity index (χ3n) is 3.63. The standard InChI is InChI=1S/C18H21NO4/c1-3-16(18(20)21)23-15-10-6-13(7-11-15)17(19)12-4-8-14(22-2)9-5-12/h4-11,16-17H,3,19H2,1-2H3,(H,20,21)/p-1. The molecule has 0 aliphatic carbocycles. The van der Waals surface area contributed by atoms with Crippen molar-refractivity contribution in [2.45, 2.75) is 25.5 Å². The maximum Gasteiger partial charge on any atom is 0.138 e. The lowest BCUT2D eigenvalue weighted by atomic mass is 9.99. The molecule has 5 heteroatoms. The molecule has 0 aromatic heterocycles. The molecule has 2 unspecified atom stereocenters. The van der Waals surface area contributed by atoms with E-state index in [4.69, 9.17) is 15.2 Å². The Morgan fingerprint density at radius 3 is 1.91 bits per heavy atom. The maximum absolute atomic E-state index is 10.9. The van der Waals surface area contributed by atoms with Crippen LogP contribution in [-0.4, -0.2) is 19.2 Å². The Hall–Kier alpha value is -2.53. The average Bonchev–Trinajstić information content (AvgIpc) is 2.59. The SMILES string of the molecule is CCC(Oc1ccc(C(N)c2ccc(OC)cc2)cc1)C(=O)[O-]. The van der Waals surface area contributed by atoms with Gasteiger partial charge in [-0.05, 0) is 41.8 Å². The van der Waals surface area contributed by atoms with Crippen molar-refractivity contribution in [3.8, 4) is 11.5 Å². The van der Waals surface area contributed by atoms with E-state index >= 15 is 0 Å². The normalized spacial score (nSPS) is 13.2.